The van der Waals surface area contributed by atoms with Crippen molar-refractivity contribution in [3.8, 4) is 0 Å². The number of unbranched alkanes of at least 4 members (excludes halogenated alkanes) is 6. The second kappa shape index (κ2) is 16.9. The highest BCUT2D eigenvalue weighted by Crippen LogP contribution is 2.10. The van der Waals surface area contributed by atoms with E-state index in [0.29, 0.717) is 19.3 Å². The van der Waals surface area contributed by atoms with Crippen LogP contribution in [0.3, 0.4) is 0 Å². The van der Waals surface area contributed by atoms with Crippen molar-refractivity contribution in [2.24, 2.45) is 0 Å². The van der Waals surface area contributed by atoms with Crippen LogP contribution >= 0.6 is 0 Å². The fraction of sp³-hybridized carbons (Fsp3) is 1.00. The Hall–Kier alpha value is -0.120. The van der Waals surface area contributed by atoms with E-state index >= 15 is 0 Å². The van der Waals surface area contributed by atoms with E-state index in [2.05, 4.69) is 19.2 Å². The van der Waals surface area contributed by atoms with Crippen LogP contribution in [0.4, 0.5) is 0 Å². The zero-order valence-electron chi connectivity index (χ0n) is 14.1. The fourth-order valence-electron chi connectivity index (χ4n) is 2.31. The Kier molecular flexibility index (Phi) is 16.8. The summed E-state index contributed by atoms with van der Waals surface area (Å²) in [5.74, 6) is 0. The van der Waals surface area contributed by atoms with Gasteiger partial charge in [-0.3, -0.25) is 0 Å². The molecule has 0 aliphatic heterocycles. The van der Waals surface area contributed by atoms with E-state index < -0.39 is 0 Å². The third-order valence-corrected chi connectivity index (χ3v) is 3.59. The molecule has 0 radical (unpaired) electrons. The van der Waals surface area contributed by atoms with Crippen molar-refractivity contribution in [2.75, 3.05) is 33.5 Å². The van der Waals surface area contributed by atoms with Gasteiger partial charge in [-0.1, -0.05) is 58.8 Å². The first-order valence-corrected chi connectivity index (χ1v) is 8.65. The van der Waals surface area contributed by atoms with Gasteiger partial charge in [0, 0.05) is 13.2 Å². The predicted octanol–water partition coefficient (Wildman–Crippen LogP) is 4.16. The molecule has 20 heavy (non-hydrogen) atoms. The number of nitrogens with one attached hydrogen (secondary N) is 1. The highest BCUT2D eigenvalue weighted by Gasteiger charge is 2.07. The number of hydrogen-bond donors (Lipinski definition) is 1. The van der Waals surface area contributed by atoms with Gasteiger partial charge >= 0.3 is 0 Å². The zero-order chi connectivity index (χ0) is 14.9. The van der Waals surface area contributed by atoms with Crippen molar-refractivity contribution in [2.45, 2.75) is 77.7 Å². The average molecular weight is 287 g/mol. The van der Waals surface area contributed by atoms with Crippen molar-refractivity contribution in [1.82, 2.24) is 5.32 Å². The Morgan fingerprint density at radius 2 is 1.55 bits per heavy atom. The summed E-state index contributed by atoms with van der Waals surface area (Å²) in [4.78, 5) is 0. The molecule has 0 aliphatic rings. The summed E-state index contributed by atoms with van der Waals surface area (Å²) in [6.45, 7) is 7.79. The first-order valence-electron chi connectivity index (χ1n) is 8.65. The molecular weight excluding hydrogens is 250 g/mol. The van der Waals surface area contributed by atoms with Gasteiger partial charge in [0.2, 0.25) is 0 Å². The summed E-state index contributed by atoms with van der Waals surface area (Å²) in [5.41, 5.74) is 0. The Morgan fingerprint density at radius 3 is 2.20 bits per heavy atom. The van der Waals surface area contributed by atoms with Crippen molar-refractivity contribution in [1.29, 1.82) is 0 Å². The molecule has 0 aromatic rings. The van der Waals surface area contributed by atoms with Gasteiger partial charge in [-0.2, -0.15) is 0 Å². The highest BCUT2D eigenvalue weighted by atomic mass is 16.5. The van der Waals surface area contributed by atoms with Crippen LogP contribution in [-0.4, -0.2) is 39.5 Å². The Balaban J connectivity index is 3.53. The smallest absolute Gasteiger partial charge is 0.0701 e. The molecule has 0 saturated heterocycles. The van der Waals surface area contributed by atoms with Crippen LogP contribution in [0.5, 0.6) is 0 Å². The Bertz CT molecular complexity index is 176. The maximum Gasteiger partial charge on any atom is 0.0701 e. The van der Waals surface area contributed by atoms with Crippen LogP contribution < -0.4 is 5.32 Å². The largest absolute Gasteiger partial charge is 0.382 e. The summed E-state index contributed by atoms with van der Waals surface area (Å²) in [6.07, 6.45) is 12.1. The molecule has 122 valence electrons. The van der Waals surface area contributed by atoms with Crippen LogP contribution in [0.2, 0.25) is 0 Å². The summed E-state index contributed by atoms with van der Waals surface area (Å²) >= 11 is 0. The minimum absolute atomic E-state index is 0.516. The SMILES string of the molecule is CCCCCCCCCC(COCCOC)NCCC. The minimum atomic E-state index is 0.516. The number of rotatable bonds is 16. The maximum atomic E-state index is 5.66. The molecule has 3 heteroatoms. The number of hydrogen-bond acceptors (Lipinski definition) is 3. The second-order valence-corrected chi connectivity index (χ2v) is 5.63. The zero-order valence-corrected chi connectivity index (χ0v) is 14.1. The van der Waals surface area contributed by atoms with Gasteiger partial charge in [0.05, 0.1) is 19.8 Å². The van der Waals surface area contributed by atoms with Crippen LogP contribution in [-0.2, 0) is 9.47 Å². The van der Waals surface area contributed by atoms with Crippen LogP contribution in [0.15, 0.2) is 0 Å². The van der Waals surface area contributed by atoms with E-state index in [0.717, 1.165) is 13.2 Å². The minimum Gasteiger partial charge on any atom is -0.382 e. The molecule has 0 bridgehead atoms. The number of methoxy groups -OCH3 is 1. The van der Waals surface area contributed by atoms with E-state index in [1.807, 2.05) is 0 Å². The molecule has 0 aromatic heterocycles. The molecule has 1 atom stereocenters. The lowest BCUT2D eigenvalue weighted by Gasteiger charge is -2.18. The summed E-state index contributed by atoms with van der Waals surface area (Å²) in [7, 11) is 1.72. The molecule has 0 saturated carbocycles. The summed E-state index contributed by atoms with van der Waals surface area (Å²) in [5, 5.41) is 3.59. The van der Waals surface area contributed by atoms with Crippen LogP contribution in [0, 0.1) is 0 Å². The molecule has 0 amide bonds. The molecule has 1 N–H and O–H groups in total. The molecule has 0 aliphatic carbocycles. The van der Waals surface area contributed by atoms with Crippen molar-refractivity contribution < 1.29 is 9.47 Å². The average Bonchev–Trinajstić information content (AvgIpc) is 2.47. The highest BCUT2D eigenvalue weighted by molar-refractivity contribution is 4.66. The van der Waals surface area contributed by atoms with Gasteiger partial charge < -0.3 is 14.8 Å². The Morgan fingerprint density at radius 1 is 0.850 bits per heavy atom. The standard InChI is InChI=1S/C17H37NO2/c1-4-6-7-8-9-10-11-12-17(18-13-5-2)16-20-15-14-19-3/h17-18H,4-16H2,1-3H3. The first-order chi connectivity index (χ1) is 9.85. The lowest BCUT2D eigenvalue weighted by molar-refractivity contribution is 0.0571. The van der Waals surface area contributed by atoms with E-state index in [1.54, 1.807) is 7.11 Å². The quantitative estimate of drug-likeness (QED) is 0.432. The summed E-state index contributed by atoms with van der Waals surface area (Å²) in [6, 6.07) is 0.516. The van der Waals surface area contributed by atoms with Gasteiger partial charge in [-0.25, -0.2) is 0 Å². The van der Waals surface area contributed by atoms with Gasteiger partial charge in [-0.15, -0.1) is 0 Å². The lowest BCUT2D eigenvalue weighted by atomic mass is 10.1. The summed E-state index contributed by atoms with van der Waals surface area (Å²) < 4.78 is 10.7. The van der Waals surface area contributed by atoms with Crippen molar-refractivity contribution >= 4 is 0 Å². The normalized spacial score (nSPS) is 12.8. The van der Waals surface area contributed by atoms with E-state index in [4.69, 9.17) is 9.47 Å². The van der Waals surface area contributed by atoms with Gasteiger partial charge in [-0.05, 0) is 19.4 Å². The molecule has 3 nitrogen and oxygen atoms in total. The second-order valence-electron chi connectivity index (χ2n) is 5.63. The fourth-order valence-corrected chi connectivity index (χ4v) is 2.31. The molecule has 1 unspecified atom stereocenters. The van der Waals surface area contributed by atoms with Crippen LogP contribution in [0.1, 0.15) is 71.6 Å². The molecule has 0 spiro atoms. The van der Waals surface area contributed by atoms with Gasteiger partial charge in [0.15, 0.2) is 0 Å². The van der Waals surface area contributed by atoms with E-state index in [9.17, 15) is 0 Å². The monoisotopic (exact) mass is 287 g/mol. The van der Waals surface area contributed by atoms with E-state index in [1.165, 1.54) is 57.8 Å². The topological polar surface area (TPSA) is 30.5 Å². The first kappa shape index (κ1) is 19.9. The molecule has 0 heterocycles. The molecular formula is C17H37NO2. The third-order valence-electron chi connectivity index (χ3n) is 3.59. The Labute approximate surface area is 126 Å². The number of ether oxygens (including phenoxy) is 2. The molecule has 0 aromatic carbocycles. The molecule has 0 rings (SSSR count). The maximum absolute atomic E-state index is 5.66. The molecule has 0 fully saturated rings. The third kappa shape index (κ3) is 14.3. The van der Waals surface area contributed by atoms with E-state index in [-0.39, 0.29) is 0 Å². The predicted molar refractivity (Wildman–Crippen MR) is 87.4 cm³/mol. The van der Waals surface area contributed by atoms with Crippen molar-refractivity contribution in [3.05, 3.63) is 0 Å². The van der Waals surface area contributed by atoms with Gasteiger partial charge in [0.25, 0.3) is 0 Å². The van der Waals surface area contributed by atoms with Crippen molar-refractivity contribution in [3.63, 3.8) is 0 Å². The van der Waals surface area contributed by atoms with Crippen LogP contribution in [0.25, 0.3) is 0 Å². The lowest BCUT2D eigenvalue weighted by Crippen LogP contribution is -2.34. The van der Waals surface area contributed by atoms with Gasteiger partial charge in [0.1, 0.15) is 0 Å².